The molecule has 5 nitrogen and oxygen atoms in total. The minimum atomic E-state index is 0.0400. The summed E-state index contributed by atoms with van der Waals surface area (Å²) in [5, 5.41) is 6.93. The van der Waals surface area contributed by atoms with Gasteiger partial charge in [-0.2, -0.15) is 0 Å². The Balaban J connectivity index is 1.81. The van der Waals surface area contributed by atoms with Crippen molar-refractivity contribution in [2.75, 3.05) is 34.2 Å². The molecule has 1 aliphatic rings. The first-order valence-electron chi connectivity index (χ1n) is 10.1. The lowest BCUT2D eigenvalue weighted by Gasteiger charge is -2.43. The SMILES string of the molecule is CN=C(NCCc1cccc(C(=O)N(C)C)c1)NCC1(CC(C)C)CCC1. The van der Waals surface area contributed by atoms with Crippen LogP contribution in [0.3, 0.4) is 0 Å². The Morgan fingerprint density at radius 3 is 2.56 bits per heavy atom. The summed E-state index contributed by atoms with van der Waals surface area (Å²) >= 11 is 0. The second-order valence-electron chi connectivity index (χ2n) is 8.45. The Kier molecular flexibility index (Phi) is 7.69. The molecule has 0 spiro atoms. The number of benzene rings is 1. The number of carbonyl (C=O) groups is 1. The molecule has 0 unspecified atom stereocenters. The molecular formula is C22H36N4O. The zero-order valence-corrected chi connectivity index (χ0v) is 17.6. The summed E-state index contributed by atoms with van der Waals surface area (Å²) in [6.07, 6.45) is 6.13. The normalized spacial score (nSPS) is 16.0. The van der Waals surface area contributed by atoms with Crippen molar-refractivity contribution in [1.29, 1.82) is 0 Å². The van der Waals surface area contributed by atoms with Crippen LogP contribution < -0.4 is 10.6 Å². The highest BCUT2D eigenvalue weighted by Gasteiger charge is 2.37. The van der Waals surface area contributed by atoms with Gasteiger partial charge in [0.05, 0.1) is 0 Å². The maximum Gasteiger partial charge on any atom is 0.253 e. The van der Waals surface area contributed by atoms with Crippen LogP contribution in [0.15, 0.2) is 29.3 Å². The van der Waals surface area contributed by atoms with Crippen LogP contribution in [-0.4, -0.2) is 51.0 Å². The zero-order valence-electron chi connectivity index (χ0n) is 17.6. The van der Waals surface area contributed by atoms with Crippen LogP contribution in [0, 0.1) is 11.3 Å². The van der Waals surface area contributed by atoms with Gasteiger partial charge in [0.1, 0.15) is 0 Å². The molecule has 27 heavy (non-hydrogen) atoms. The van der Waals surface area contributed by atoms with Crippen LogP contribution >= 0.6 is 0 Å². The molecular weight excluding hydrogens is 336 g/mol. The first kappa shape index (κ1) is 21.3. The highest BCUT2D eigenvalue weighted by Crippen LogP contribution is 2.45. The summed E-state index contributed by atoms with van der Waals surface area (Å²) in [4.78, 5) is 18.1. The van der Waals surface area contributed by atoms with Crippen molar-refractivity contribution in [2.45, 2.75) is 46.0 Å². The van der Waals surface area contributed by atoms with Gasteiger partial charge in [-0.15, -0.1) is 0 Å². The van der Waals surface area contributed by atoms with E-state index >= 15 is 0 Å². The molecule has 0 aromatic heterocycles. The van der Waals surface area contributed by atoms with Crippen molar-refractivity contribution in [3.8, 4) is 0 Å². The Bertz CT molecular complexity index is 647. The molecule has 150 valence electrons. The standard InChI is InChI=1S/C22H36N4O/c1-17(2)15-22(11-7-12-22)16-25-21(23-3)24-13-10-18-8-6-9-19(14-18)20(27)26(4)5/h6,8-9,14,17H,7,10-13,15-16H2,1-5H3,(H2,23,24,25). The fourth-order valence-electron chi connectivity index (χ4n) is 3.93. The highest BCUT2D eigenvalue weighted by molar-refractivity contribution is 5.94. The molecule has 0 atom stereocenters. The number of nitrogens with zero attached hydrogens (tertiary/aromatic N) is 2. The summed E-state index contributed by atoms with van der Waals surface area (Å²) in [6, 6.07) is 7.86. The van der Waals surface area contributed by atoms with Gasteiger partial charge in [-0.3, -0.25) is 9.79 Å². The Morgan fingerprint density at radius 1 is 1.26 bits per heavy atom. The fourth-order valence-corrected chi connectivity index (χ4v) is 3.93. The van der Waals surface area contributed by atoms with E-state index in [1.807, 2.05) is 25.2 Å². The monoisotopic (exact) mass is 372 g/mol. The number of guanidine groups is 1. The molecule has 1 saturated carbocycles. The number of nitrogens with one attached hydrogen (secondary N) is 2. The number of rotatable bonds is 8. The van der Waals surface area contributed by atoms with E-state index in [-0.39, 0.29) is 5.91 Å². The summed E-state index contributed by atoms with van der Waals surface area (Å²) < 4.78 is 0. The Labute approximate surface area is 164 Å². The number of hydrogen-bond donors (Lipinski definition) is 2. The van der Waals surface area contributed by atoms with E-state index in [4.69, 9.17) is 0 Å². The van der Waals surface area contributed by atoms with Crippen LogP contribution in [0.1, 0.15) is 55.5 Å². The number of aliphatic imine (C=N–C) groups is 1. The van der Waals surface area contributed by atoms with Crippen molar-refractivity contribution in [2.24, 2.45) is 16.3 Å². The fraction of sp³-hybridized carbons (Fsp3) is 0.636. The average molecular weight is 373 g/mol. The van der Waals surface area contributed by atoms with Gasteiger partial charge < -0.3 is 15.5 Å². The predicted molar refractivity (Wildman–Crippen MR) is 113 cm³/mol. The van der Waals surface area contributed by atoms with Gasteiger partial charge in [-0.25, -0.2) is 0 Å². The van der Waals surface area contributed by atoms with Crippen LogP contribution in [-0.2, 0) is 6.42 Å². The van der Waals surface area contributed by atoms with Crippen molar-refractivity contribution in [1.82, 2.24) is 15.5 Å². The van der Waals surface area contributed by atoms with Crippen LogP contribution in [0.25, 0.3) is 0 Å². The van der Waals surface area contributed by atoms with Crippen molar-refractivity contribution >= 4 is 11.9 Å². The van der Waals surface area contributed by atoms with E-state index in [2.05, 4.69) is 35.5 Å². The van der Waals surface area contributed by atoms with E-state index < -0.39 is 0 Å². The maximum absolute atomic E-state index is 12.1. The van der Waals surface area contributed by atoms with Crippen molar-refractivity contribution in [3.63, 3.8) is 0 Å². The molecule has 5 heteroatoms. The van der Waals surface area contributed by atoms with Gasteiger partial charge in [-0.05, 0) is 54.7 Å². The van der Waals surface area contributed by atoms with Crippen LogP contribution in [0.2, 0.25) is 0 Å². The van der Waals surface area contributed by atoms with E-state index in [0.717, 1.165) is 42.5 Å². The lowest BCUT2D eigenvalue weighted by atomic mass is 9.64. The third-order valence-electron chi connectivity index (χ3n) is 5.40. The zero-order chi connectivity index (χ0) is 19.9. The van der Waals surface area contributed by atoms with Gasteiger partial charge in [0.25, 0.3) is 5.91 Å². The van der Waals surface area contributed by atoms with Gasteiger partial charge >= 0.3 is 0 Å². The molecule has 1 aromatic rings. The first-order chi connectivity index (χ1) is 12.8. The van der Waals surface area contributed by atoms with Crippen molar-refractivity contribution < 1.29 is 4.79 Å². The number of carbonyl (C=O) groups excluding carboxylic acids is 1. The van der Waals surface area contributed by atoms with Gasteiger partial charge in [-0.1, -0.05) is 32.4 Å². The second kappa shape index (κ2) is 9.77. The third kappa shape index (κ3) is 6.26. The molecule has 1 aliphatic carbocycles. The molecule has 0 saturated heterocycles. The molecule has 2 N–H and O–H groups in total. The van der Waals surface area contributed by atoms with Crippen LogP contribution in [0.4, 0.5) is 0 Å². The smallest absolute Gasteiger partial charge is 0.253 e. The number of amides is 1. The minimum Gasteiger partial charge on any atom is -0.356 e. The number of hydrogen-bond acceptors (Lipinski definition) is 2. The molecule has 0 heterocycles. The lowest BCUT2D eigenvalue weighted by Crippen LogP contribution is -2.47. The highest BCUT2D eigenvalue weighted by atomic mass is 16.2. The first-order valence-corrected chi connectivity index (χ1v) is 10.1. The summed E-state index contributed by atoms with van der Waals surface area (Å²) in [5.74, 6) is 1.64. The molecule has 0 aliphatic heterocycles. The second-order valence-corrected chi connectivity index (χ2v) is 8.45. The maximum atomic E-state index is 12.1. The molecule has 1 fully saturated rings. The van der Waals surface area contributed by atoms with E-state index in [9.17, 15) is 4.79 Å². The molecule has 0 radical (unpaired) electrons. The quantitative estimate of drug-likeness (QED) is 0.544. The summed E-state index contributed by atoms with van der Waals surface area (Å²) in [5.41, 5.74) is 2.34. The topological polar surface area (TPSA) is 56.7 Å². The predicted octanol–water partition coefficient (Wildman–Crippen LogP) is 3.31. The molecule has 1 aromatic carbocycles. The lowest BCUT2D eigenvalue weighted by molar-refractivity contribution is 0.0827. The molecule has 2 rings (SSSR count). The van der Waals surface area contributed by atoms with Gasteiger partial charge in [0.15, 0.2) is 5.96 Å². The van der Waals surface area contributed by atoms with E-state index in [0.29, 0.717) is 5.41 Å². The van der Waals surface area contributed by atoms with E-state index in [1.54, 1.807) is 19.0 Å². The summed E-state index contributed by atoms with van der Waals surface area (Å²) in [7, 11) is 5.38. The third-order valence-corrected chi connectivity index (χ3v) is 5.40. The summed E-state index contributed by atoms with van der Waals surface area (Å²) in [6.45, 7) is 6.40. The van der Waals surface area contributed by atoms with Gasteiger partial charge in [0, 0.05) is 39.8 Å². The van der Waals surface area contributed by atoms with Crippen molar-refractivity contribution in [3.05, 3.63) is 35.4 Å². The molecule has 0 bridgehead atoms. The molecule has 1 amide bonds. The van der Waals surface area contributed by atoms with E-state index in [1.165, 1.54) is 25.7 Å². The Hall–Kier alpha value is -2.04. The largest absolute Gasteiger partial charge is 0.356 e. The average Bonchev–Trinajstić information content (AvgIpc) is 2.61. The Morgan fingerprint density at radius 2 is 2.00 bits per heavy atom. The van der Waals surface area contributed by atoms with Gasteiger partial charge in [0.2, 0.25) is 0 Å². The minimum absolute atomic E-state index is 0.0400. The van der Waals surface area contributed by atoms with Crippen LogP contribution in [0.5, 0.6) is 0 Å².